The van der Waals surface area contributed by atoms with E-state index in [1.54, 1.807) is 0 Å². The smallest absolute Gasteiger partial charge is 0.395 e. The van der Waals surface area contributed by atoms with E-state index >= 15 is 0 Å². The van der Waals surface area contributed by atoms with Gasteiger partial charge in [0.25, 0.3) is 0 Å². The number of hydrogen-bond donors (Lipinski definition) is 1. The molecule has 1 N–H and O–H groups in total. The van der Waals surface area contributed by atoms with Gasteiger partial charge in [-0.25, -0.2) is 5.43 Å². The zero-order valence-electron chi connectivity index (χ0n) is 13.5. The van der Waals surface area contributed by atoms with E-state index in [0.717, 1.165) is 18.1 Å². The molecule has 1 aliphatic carbocycles. The highest BCUT2D eigenvalue weighted by atomic mass is 16.6. The Morgan fingerprint density at radius 3 is 2.73 bits per heavy atom. The lowest BCUT2D eigenvalue weighted by Gasteiger charge is -2.01. The Morgan fingerprint density at radius 1 is 1.12 bits per heavy atom. The normalized spacial score (nSPS) is 12.0. The predicted octanol–water partition coefficient (Wildman–Crippen LogP) is 3.52. The van der Waals surface area contributed by atoms with Crippen LogP contribution in [0.5, 0.6) is 0 Å². The van der Waals surface area contributed by atoms with Crippen molar-refractivity contribution < 1.29 is 14.1 Å². The first-order valence-electron chi connectivity index (χ1n) is 7.90. The predicted molar refractivity (Wildman–Crippen MR) is 95.1 cm³/mol. The fraction of sp³-hybridized carbons (Fsp3) is 0.0526. The second-order valence-corrected chi connectivity index (χ2v) is 5.84. The van der Waals surface area contributed by atoms with Crippen LogP contribution in [0, 0.1) is 10.1 Å². The first-order valence-corrected chi connectivity index (χ1v) is 7.90. The average Bonchev–Trinajstić information content (AvgIpc) is 3.26. The maximum absolute atomic E-state index is 11.9. The van der Waals surface area contributed by atoms with Crippen molar-refractivity contribution in [3.63, 3.8) is 0 Å². The zero-order chi connectivity index (χ0) is 18.1. The number of fused-ring (bicyclic) bond motifs is 3. The summed E-state index contributed by atoms with van der Waals surface area (Å²) in [6.45, 7) is 0. The number of carbonyl (C=O) groups excluding carboxylic acids is 1. The molecule has 0 saturated carbocycles. The highest BCUT2D eigenvalue weighted by Crippen LogP contribution is 2.36. The summed E-state index contributed by atoms with van der Waals surface area (Å²) in [5, 5.41) is 14.5. The third kappa shape index (κ3) is 2.86. The molecule has 3 aromatic rings. The van der Waals surface area contributed by atoms with Gasteiger partial charge >= 0.3 is 11.8 Å². The molecule has 4 rings (SSSR count). The summed E-state index contributed by atoms with van der Waals surface area (Å²) in [7, 11) is 0. The molecule has 128 valence electrons. The van der Waals surface area contributed by atoms with E-state index in [2.05, 4.69) is 22.7 Å². The molecule has 0 aliphatic heterocycles. The van der Waals surface area contributed by atoms with Gasteiger partial charge < -0.3 is 4.42 Å². The van der Waals surface area contributed by atoms with Crippen LogP contribution in [0.3, 0.4) is 0 Å². The van der Waals surface area contributed by atoms with Crippen LogP contribution in [-0.2, 0) is 6.42 Å². The Labute approximate surface area is 148 Å². The van der Waals surface area contributed by atoms with Crippen molar-refractivity contribution in [2.24, 2.45) is 5.10 Å². The lowest BCUT2D eigenvalue weighted by molar-refractivity contribution is -0.402. The maximum atomic E-state index is 11.9. The van der Waals surface area contributed by atoms with E-state index in [4.69, 9.17) is 4.42 Å². The van der Waals surface area contributed by atoms with Crippen LogP contribution in [0.2, 0.25) is 0 Å². The number of hydrogen-bond acceptors (Lipinski definition) is 5. The van der Waals surface area contributed by atoms with Crippen molar-refractivity contribution in [3.8, 4) is 11.1 Å². The molecular weight excluding hydrogens is 334 g/mol. The van der Waals surface area contributed by atoms with Crippen LogP contribution in [-0.4, -0.2) is 17.0 Å². The van der Waals surface area contributed by atoms with Crippen molar-refractivity contribution in [1.29, 1.82) is 0 Å². The standard InChI is InChI=1S/C19H13N3O4/c23-19(17-7-8-18(26-17)22(24)25)21-20-11-12-5-6-16-14(9-12)10-13-3-1-2-4-15(13)16/h1-9,11H,10H2,(H,21,23). The van der Waals surface area contributed by atoms with Gasteiger partial charge in [0.1, 0.15) is 4.92 Å². The molecule has 0 radical (unpaired) electrons. The van der Waals surface area contributed by atoms with Crippen molar-refractivity contribution >= 4 is 18.0 Å². The van der Waals surface area contributed by atoms with E-state index in [-0.39, 0.29) is 5.76 Å². The molecule has 0 saturated heterocycles. The van der Waals surface area contributed by atoms with Crippen LogP contribution in [0.25, 0.3) is 11.1 Å². The number of amides is 1. The second-order valence-electron chi connectivity index (χ2n) is 5.84. The summed E-state index contributed by atoms with van der Waals surface area (Å²) in [6, 6.07) is 16.6. The van der Waals surface area contributed by atoms with Gasteiger partial charge in [0.15, 0.2) is 0 Å². The molecule has 0 spiro atoms. The topological polar surface area (TPSA) is 97.7 Å². The summed E-state index contributed by atoms with van der Waals surface area (Å²) >= 11 is 0. The lowest BCUT2D eigenvalue weighted by Crippen LogP contribution is -2.16. The number of benzene rings is 2. The zero-order valence-corrected chi connectivity index (χ0v) is 13.5. The Hall–Kier alpha value is -3.74. The number of furan rings is 1. The number of carbonyl (C=O) groups is 1. The molecule has 1 heterocycles. The van der Waals surface area contributed by atoms with Crippen LogP contribution in [0.4, 0.5) is 5.88 Å². The van der Waals surface area contributed by atoms with Gasteiger partial charge in [0.05, 0.1) is 12.3 Å². The molecule has 26 heavy (non-hydrogen) atoms. The Kier molecular flexibility index (Phi) is 3.81. The number of rotatable bonds is 4. The van der Waals surface area contributed by atoms with Gasteiger partial charge in [-0.2, -0.15) is 5.10 Å². The first-order chi connectivity index (χ1) is 12.6. The van der Waals surface area contributed by atoms with Gasteiger partial charge in [0.2, 0.25) is 5.76 Å². The summed E-state index contributed by atoms with van der Waals surface area (Å²) in [4.78, 5) is 21.7. The highest BCUT2D eigenvalue weighted by Gasteiger charge is 2.18. The lowest BCUT2D eigenvalue weighted by atomic mass is 10.0. The molecule has 0 atom stereocenters. The molecule has 7 nitrogen and oxygen atoms in total. The molecule has 1 aromatic heterocycles. The molecule has 1 amide bonds. The van der Waals surface area contributed by atoms with Gasteiger partial charge in [-0.3, -0.25) is 14.9 Å². The van der Waals surface area contributed by atoms with E-state index in [1.165, 1.54) is 34.5 Å². The molecule has 1 aliphatic rings. The highest BCUT2D eigenvalue weighted by molar-refractivity contribution is 5.92. The minimum absolute atomic E-state index is 0.168. The van der Waals surface area contributed by atoms with Crippen molar-refractivity contribution in [3.05, 3.63) is 87.2 Å². The third-order valence-corrected chi connectivity index (χ3v) is 4.19. The summed E-state index contributed by atoms with van der Waals surface area (Å²) in [6.07, 6.45) is 2.40. The Morgan fingerprint density at radius 2 is 1.92 bits per heavy atom. The minimum Gasteiger partial charge on any atom is -0.395 e. The fourth-order valence-corrected chi connectivity index (χ4v) is 3.01. The van der Waals surface area contributed by atoms with E-state index in [9.17, 15) is 14.9 Å². The SMILES string of the molecule is O=C(NN=Cc1ccc2c(c1)Cc1ccccc1-2)c1ccc([N+](=O)[O-])o1. The van der Waals surface area contributed by atoms with Crippen LogP contribution < -0.4 is 5.43 Å². The molecular formula is C19H13N3O4. The van der Waals surface area contributed by atoms with Crippen LogP contribution in [0.15, 0.2) is 64.1 Å². The Balaban J connectivity index is 1.45. The van der Waals surface area contributed by atoms with Gasteiger partial charge in [-0.05, 0) is 46.4 Å². The van der Waals surface area contributed by atoms with Crippen molar-refractivity contribution in [2.75, 3.05) is 0 Å². The average molecular weight is 347 g/mol. The van der Waals surface area contributed by atoms with Gasteiger partial charge in [-0.15, -0.1) is 0 Å². The summed E-state index contributed by atoms with van der Waals surface area (Å²) < 4.78 is 4.82. The number of nitrogens with one attached hydrogen (secondary N) is 1. The number of nitrogens with zero attached hydrogens (tertiary/aromatic N) is 2. The number of hydrazone groups is 1. The molecule has 0 fully saturated rings. The quantitative estimate of drug-likeness (QED) is 0.347. The van der Waals surface area contributed by atoms with Crippen LogP contribution >= 0.6 is 0 Å². The minimum atomic E-state index is -0.706. The fourth-order valence-electron chi connectivity index (χ4n) is 3.01. The van der Waals surface area contributed by atoms with Crippen molar-refractivity contribution in [1.82, 2.24) is 5.43 Å². The summed E-state index contributed by atoms with van der Waals surface area (Å²) in [5.41, 5.74) is 8.12. The maximum Gasteiger partial charge on any atom is 0.433 e. The van der Waals surface area contributed by atoms with Crippen molar-refractivity contribution in [2.45, 2.75) is 6.42 Å². The first kappa shape index (κ1) is 15.8. The molecule has 0 bridgehead atoms. The molecule has 7 heteroatoms. The monoisotopic (exact) mass is 347 g/mol. The third-order valence-electron chi connectivity index (χ3n) is 4.19. The number of nitro groups is 1. The second kappa shape index (κ2) is 6.29. The molecule has 0 unspecified atom stereocenters. The van der Waals surface area contributed by atoms with E-state index < -0.39 is 16.7 Å². The van der Waals surface area contributed by atoms with Gasteiger partial charge in [-0.1, -0.05) is 36.4 Å². The van der Waals surface area contributed by atoms with Gasteiger partial charge in [0, 0.05) is 0 Å². The largest absolute Gasteiger partial charge is 0.433 e. The van der Waals surface area contributed by atoms with Crippen LogP contribution in [0.1, 0.15) is 27.2 Å². The van der Waals surface area contributed by atoms with E-state index in [1.807, 2.05) is 30.3 Å². The van der Waals surface area contributed by atoms with E-state index in [0.29, 0.717) is 0 Å². The Bertz CT molecular complexity index is 1050. The molecule has 2 aromatic carbocycles. The summed E-state index contributed by atoms with van der Waals surface area (Å²) in [5.74, 6) is -1.31.